The lowest BCUT2D eigenvalue weighted by Gasteiger charge is -2.16. The first-order valence-electron chi connectivity index (χ1n) is 8.68. The highest BCUT2D eigenvalue weighted by Gasteiger charge is 2.17. The van der Waals surface area contributed by atoms with Crippen LogP contribution in [0.5, 0.6) is 5.75 Å². The molecule has 0 unspecified atom stereocenters. The number of aromatic nitrogens is 2. The molecule has 144 valence electrons. The quantitative estimate of drug-likeness (QED) is 0.443. The Kier molecular flexibility index (Phi) is 6.01. The zero-order valence-corrected chi connectivity index (χ0v) is 15.4. The van der Waals surface area contributed by atoms with E-state index in [1.54, 1.807) is 25.4 Å². The molecule has 8 nitrogen and oxygen atoms in total. The van der Waals surface area contributed by atoms with Gasteiger partial charge in [0.2, 0.25) is 0 Å². The SMILES string of the molecule is CN(Cc1cnn(Cc2ccccc2)c1)C(=O)COc1ccccc1[N+](=O)[O-]. The lowest BCUT2D eigenvalue weighted by Crippen LogP contribution is -2.30. The average Bonchev–Trinajstić information content (AvgIpc) is 3.13. The van der Waals surface area contributed by atoms with Crippen LogP contribution < -0.4 is 4.74 Å². The number of carbonyl (C=O) groups is 1. The van der Waals surface area contributed by atoms with E-state index < -0.39 is 4.92 Å². The number of nitro groups is 1. The van der Waals surface area contributed by atoms with Crippen LogP contribution in [0.1, 0.15) is 11.1 Å². The molecule has 0 fully saturated rings. The number of nitro benzene ring substituents is 1. The van der Waals surface area contributed by atoms with Gasteiger partial charge in [-0.3, -0.25) is 19.6 Å². The molecule has 0 radical (unpaired) electrons. The Hall–Kier alpha value is -3.68. The molecule has 0 aliphatic heterocycles. The van der Waals surface area contributed by atoms with Crippen molar-refractivity contribution >= 4 is 11.6 Å². The molecule has 2 aromatic carbocycles. The topological polar surface area (TPSA) is 90.5 Å². The van der Waals surface area contributed by atoms with E-state index in [4.69, 9.17) is 4.74 Å². The molecule has 1 heterocycles. The first-order valence-corrected chi connectivity index (χ1v) is 8.68. The van der Waals surface area contributed by atoms with Crippen LogP contribution in [0, 0.1) is 10.1 Å². The molecule has 0 saturated carbocycles. The summed E-state index contributed by atoms with van der Waals surface area (Å²) < 4.78 is 7.16. The molecule has 1 aromatic heterocycles. The van der Waals surface area contributed by atoms with Gasteiger partial charge in [0.05, 0.1) is 17.7 Å². The third-order valence-corrected chi connectivity index (χ3v) is 4.13. The number of hydrogen-bond donors (Lipinski definition) is 0. The van der Waals surface area contributed by atoms with Crippen LogP contribution in [0.4, 0.5) is 5.69 Å². The maximum Gasteiger partial charge on any atom is 0.310 e. The van der Waals surface area contributed by atoms with Crippen molar-refractivity contribution in [2.75, 3.05) is 13.7 Å². The maximum absolute atomic E-state index is 12.3. The minimum Gasteiger partial charge on any atom is -0.477 e. The van der Waals surface area contributed by atoms with Crippen molar-refractivity contribution in [3.05, 3.63) is 88.2 Å². The van der Waals surface area contributed by atoms with E-state index in [-0.39, 0.29) is 24.0 Å². The summed E-state index contributed by atoms with van der Waals surface area (Å²) in [6.07, 6.45) is 3.61. The second-order valence-corrected chi connectivity index (χ2v) is 6.30. The molecule has 28 heavy (non-hydrogen) atoms. The smallest absolute Gasteiger partial charge is 0.310 e. The highest BCUT2D eigenvalue weighted by Crippen LogP contribution is 2.25. The number of para-hydroxylation sites is 2. The summed E-state index contributed by atoms with van der Waals surface area (Å²) in [6.45, 7) is 0.743. The Balaban J connectivity index is 1.54. The molecule has 1 amide bonds. The summed E-state index contributed by atoms with van der Waals surface area (Å²) in [4.78, 5) is 24.3. The summed E-state index contributed by atoms with van der Waals surface area (Å²) >= 11 is 0. The average molecular weight is 380 g/mol. The van der Waals surface area contributed by atoms with Gasteiger partial charge < -0.3 is 9.64 Å². The fraction of sp³-hybridized carbons (Fsp3) is 0.200. The second-order valence-electron chi connectivity index (χ2n) is 6.30. The van der Waals surface area contributed by atoms with E-state index in [1.165, 1.54) is 17.0 Å². The van der Waals surface area contributed by atoms with Crippen molar-refractivity contribution in [1.29, 1.82) is 0 Å². The Morgan fingerprint density at radius 2 is 1.86 bits per heavy atom. The number of ether oxygens (including phenoxy) is 1. The van der Waals surface area contributed by atoms with E-state index in [1.807, 2.05) is 41.2 Å². The van der Waals surface area contributed by atoms with Crippen LogP contribution in [-0.4, -0.2) is 39.2 Å². The van der Waals surface area contributed by atoms with Crippen molar-refractivity contribution in [1.82, 2.24) is 14.7 Å². The van der Waals surface area contributed by atoms with Gasteiger partial charge >= 0.3 is 5.69 Å². The summed E-state index contributed by atoms with van der Waals surface area (Å²) in [5.41, 5.74) is 1.86. The van der Waals surface area contributed by atoms with Crippen molar-refractivity contribution in [3.63, 3.8) is 0 Å². The second kappa shape index (κ2) is 8.81. The molecule has 3 aromatic rings. The van der Waals surface area contributed by atoms with E-state index in [0.29, 0.717) is 13.1 Å². The zero-order chi connectivity index (χ0) is 19.9. The van der Waals surface area contributed by atoms with Crippen molar-refractivity contribution in [2.45, 2.75) is 13.1 Å². The first-order chi connectivity index (χ1) is 13.5. The number of hydrogen-bond acceptors (Lipinski definition) is 5. The minimum absolute atomic E-state index is 0.0740. The lowest BCUT2D eigenvalue weighted by atomic mass is 10.2. The van der Waals surface area contributed by atoms with E-state index in [0.717, 1.165) is 11.1 Å². The van der Waals surface area contributed by atoms with Crippen molar-refractivity contribution < 1.29 is 14.5 Å². The zero-order valence-electron chi connectivity index (χ0n) is 15.4. The monoisotopic (exact) mass is 380 g/mol. The number of carbonyl (C=O) groups excluding carboxylic acids is 1. The summed E-state index contributed by atoms with van der Waals surface area (Å²) in [6, 6.07) is 15.9. The van der Waals surface area contributed by atoms with Gasteiger partial charge in [0.25, 0.3) is 5.91 Å². The molecule has 8 heteroatoms. The molecular formula is C20H20N4O4. The number of nitrogens with zero attached hydrogens (tertiary/aromatic N) is 4. The third-order valence-electron chi connectivity index (χ3n) is 4.13. The minimum atomic E-state index is -0.537. The normalized spacial score (nSPS) is 10.5. The summed E-state index contributed by atoms with van der Waals surface area (Å²) in [5, 5.41) is 15.3. The van der Waals surface area contributed by atoms with Crippen molar-refractivity contribution in [2.24, 2.45) is 0 Å². The van der Waals surface area contributed by atoms with Crippen LogP contribution in [0.3, 0.4) is 0 Å². The van der Waals surface area contributed by atoms with Crippen LogP contribution in [-0.2, 0) is 17.9 Å². The third kappa shape index (κ3) is 4.94. The predicted molar refractivity (Wildman–Crippen MR) is 103 cm³/mol. The van der Waals surface area contributed by atoms with Gasteiger partial charge in [-0.2, -0.15) is 5.10 Å². The maximum atomic E-state index is 12.3. The van der Waals surface area contributed by atoms with Gasteiger partial charge in [0.15, 0.2) is 12.4 Å². The van der Waals surface area contributed by atoms with E-state index in [2.05, 4.69) is 5.10 Å². The Morgan fingerprint density at radius 1 is 1.14 bits per heavy atom. The van der Waals surface area contributed by atoms with Crippen LogP contribution >= 0.6 is 0 Å². The molecule has 0 aliphatic rings. The van der Waals surface area contributed by atoms with Gasteiger partial charge in [-0.05, 0) is 11.6 Å². The predicted octanol–water partition coefficient (Wildman–Crippen LogP) is 2.88. The first kappa shape index (κ1) is 19.1. The Morgan fingerprint density at radius 3 is 2.61 bits per heavy atom. The summed E-state index contributed by atoms with van der Waals surface area (Å²) in [7, 11) is 1.65. The molecule has 0 atom stereocenters. The molecule has 0 spiro atoms. The Bertz CT molecular complexity index is 956. The largest absolute Gasteiger partial charge is 0.477 e. The molecule has 0 aliphatic carbocycles. The number of benzene rings is 2. The van der Waals surface area contributed by atoms with Crippen LogP contribution in [0.2, 0.25) is 0 Å². The van der Waals surface area contributed by atoms with Crippen LogP contribution in [0.25, 0.3) is 0 Å². The summed E-state index contributed by atoms with van der Waals surface area (Å²) in [5.74, 6) is -0.209. The van der Waals surface area contributed by atoms with Gasteiger partial charge in [0.1, 0.15) is 0 Å². The van der Waals surface area contributed by atoms with Crippen LogP contribution in [0.15, 0.2) is 67.0 Å². The lowest BCUT2D eigenvalue weighted by molar-refractivity contribution is -0.385. The number of likely N-dealkylation sites (N-methyl/N-ethyl adjacent to an activating group) is 1. The van der Waals surface area contributed by atoms with E-state index in [9.17, 15) is 14.9 Å². The fourth-order valence-electron chi connectivity index (χ4n) is 2.69. The number of amides is 1. The van der Waals surface area contributed by atoms with Gasteiger partial charge in [-0.25, -0.2) is 0 Å². The number of rotatable bonds is 8. The molecule has 0 bridgehead atoms. The molecule has 3 rings (SSSR count). The molecular weight excluding hydrogens is 360 g/mol. The van der Waals surface area contributed by atoms with Gasteiger partial charge in [-0.15, -0.1) is 0 Å². The van der Waals surface area contributed by atoms with Crippen molar-refractivity contribution in [3.8, 4) is 5.75 Å². The van der Waals surface area contributed by atoms with E-state index >= 15 is 0 Å². The highest BCUT2D eigenvalue weighted by atomic mass is 16.6. The molecule has 0 saturated heterocycles. The Labute approximate surface area is 162 Å². The fourth-order valence-corrected chi connectivity index (χ4v) is 2.69. The standard InChI is InChI=1S/C20H20N4O4/c1-22(20(25)15-28-19-10-6-5-9-18(19)24(26)27)12-17-11-21-23(14-17)13-16-7-3-2-4-8-16/h2-11,14H,12-13,15H2,1H3. The molecule has 0 N–H and O–H groups in total. The van der Waals surface area contributed by atoms with Gasteiger partial charge in [-0.1, -0.05) is 42.5 Å². The highest BCUT2D eigenvalue weighted by molar-refractivity contribution is 5.77. The van der Waals surface area contributed by atoms with Gasteiger partial charge in [0, 0.05) is 31.4 Å².